The van der Waals surface area contributed by atoms with Crippen LogP contribution in [0.5, 0.6) is 0 Å². The monoisotopic (exact) mass is 453 g/mol. The van der Waals surface area contributed by atoms with Crippen LogP contribution < -0.4 is 5.32 Å². The molecule has 0 aliphatic carbocycles. The van der Waals surface area contributed by atoms with E-state index in [0.717, 1.165) is 16.6 Å². The molecule has 0 aliphatic heterocycles. The number of nitrogens with one attached hydrogen (secondary N) is 1. The highest BCUT2D eigenvalue weighted by Crippen LogP contribution is 2.29. The maximum absolute atomic E-state index is 14.5. The molecule has 0 fully saturated rings. The number of fused-ring (bicyclic) bond motifs is 1. The van der Waals surface area contributed by atoms with Gasteiger partial charge >= 0.3 is 5.97 Å². The van der Waals surface area contributed by atoms with Crippen LogP contribution in [0.25, 0.3) is 22.4 Å². The van der Waals surface area contributed by atoms with Gasteiger partial charge in [-0.15, -0.1) is 0 Å². The Balaban J connectivity index is 1.79. The minimum absolute atomic E-state index is 0.146. The van der Waals surface area contributed by atoms with Gasteiger partial charge in [-0.2, -0.15) is 5.10 Å². The molecule has 2 aromatic heterocycles. The SMILES string of the molecule is CCc1nn(C)c2nc(-c3ccc(C(=O)OC)c(F)c3)nc(NCc3ccc(Cl)cc3)c12. The van der Waals surface area contributed by atoms with Crippen LogP contribution in [0.4, 0.5) is 10.2 Å². The summed E-state index contributed by atoms with van der Waals surface area (Å²) in [4.78, 5) is 21.0. The van der Waals surface area contributed by atoms with Crippen LogP contribution in [-0.4, -0.2) is 32.8 Å². The van der Waals surface area contributed by atoms with Crippen molar-refractivity contribution < 1.29 is 13.9 Å². The Morgan fingerprint density at radius 2 is 1.94 bits per heavy atom. The Morgan fingerprint density at radius 3 is 2.59 bits per heavy atom. The van der Waals surface area contributed by atoms with Gasteiger partial charge in [0.25, 0.3) is 0 Å². The second-order valence-electron chi connectivity index (χ2n) is 7.18. The van der Waals surface area contributed by atoms with Crippen LogP contribution in [0.15, 0.2) is 42.5 Å². The van der Waals surface area contributed by atoms with E-state index in [1.807, 2.05) is 38.2 Å². The number of esters is 1. The fourth-order valence-corrected chi connectivity index (χ4v) is 3.58. The number of aryl methyl sites for hydroxylation is 2. The predicted molar refractivity (Wildman–Crippen MR) is 121 cm³/mol. The van der Waals surface area contributed by atoms with Gasteiger partial charge in [0.05, 0.1) is 23.8 Å². The second-order valence-corrected chi connectivity index (χ2v) is 7.62. The highest BCUT2D eigenvalue weighted by Gasteiger charge is 2.19. The number of benzene rings is 2. The lowest BCUT2D eigenvalue weighted by atomic mass is 10.1. The van der Waals surface area contributed by atoms with Crippen molar-refractivity contribution >= 4 is 34.4 Å². The van der Waals surface area contributed by atoms with E-state index in [1.165, 1.54) is 19.2 Å². The van der Waals surface area contributed by atoms with Crippen LogP contribution in [0, 0.1) is 5.82 Å². The van der Waals surface area contributed by atoms with E-state index in [-0.39, 0.29) is 5.56 Å². The lowest BCUT2D eigenvalue weighted by Crippen LogP contribution is -2.06. The highest BCUT2D eigenvalue weighted by molar-refractivity contribution is 6.30. The summed E-state index contributed by atoms with van der Waals surface area (Å²) in [6, 6.07) is 11.7. The van der Waals surface area contributed by atoms with Crippen molar-refractivity contribution in [3.63, 3.8) is 0 Å². The molecule has 0 atom stereocenters. The Kier molecular flexibility index (Phi) is 6.05. The van der Waals surface area contributed by atoms with E-state index in [9.17, 15) is 9.18 Å². The standard InChI is InChI=1S/C23H21ClFN5O2/c1-4-18-19-21(26-12-13-5-8-15(24)9-6-13)27-20(28-22(19)30(2)29-18)14-7-10-16(17(25)11-14)23(31)32-3/h5-11H,4,12H2,1-3H3,(H,26,27,28). The van der Waals surface area contributed by atoms with Crippen molar-refractivity contribution in [1.29, 1.82) is 0 Å². The highest BCUT2D eigenvalue weighted by atomic mass is 35.5. The number of rotatable bonds is 6. The molecule has 0 amide bonds. The van der Waals surface area contributed by atoms with Gasteiger partial charge in [0.1, 0.15) is 11.6 Å². The third kappa shape index (κ3) is 4.13. The van der Waals surface area contributed by atoms with E-state index in [1.54, 1.807) is 10.7 Å². The van der Waals surface area contributed by atoms with Gasteiger partial charge in [0.15, 0.2) is 11.5 Å². The van der Waals surface area contributed by atoms with E-state index >= 15 is 0 Å². The smallest absolute Gasteiger partial charge is 0.340 e. The van der Waals surface area contributed by atoms with E-state index in [0.29, 0.717) is 40.8 Å². The molecule has 0 aliphatic rings. The van der Waals surface area contributed by atoms with Crippen molar-refractivity contribution in [3.8, 4) is 11.4 Å². The second kappa shape index (κ2) is 8.92. The van der Waals surface area contributed by atoms with Crippen LogP contribution in [0.3, 0.4) is 0 Å². The van der Waals surface area contributed by atoms with Crippen molar-refractivity contribution in [1.82, 2.24) is 19.7 Å². The molecule has 1 N–H and O–H groups in total. The van der Waals surface area contributed by atoms with Crippen LogP contribution in [-0.2, 0) is 24.8 Å². The number of ether oxygens (including phenoxy) is 1. The Hall–Kier alpha value is -3.52. The van der Waals surface area contributed by atoms with Crippen LogP contribution in [0.2, 0.25) is 5.02 Å². The topological polar surface area (TPSA) is 81.9 Å². The summed E-state index contributed by atoms with van der Waals surface area (Å²) in [6.45, 7) is 2.52. The summed E-state index contributed by atoms with van der Waals surface area (Å²) in [6.07, 6.45) is 0.706. The van der Waals surface area contributed by atoms with Gasteiger partial charge in [-0.1, -0.05) is 36.7 Å². The maximum Gasteiger partial charge on any atom is 0.340 e. The molecule has 2 aromatic carbocycles. The first-order chi connectivity index (χ1) is 15.4. The van der Waals surface area contributed by atoms with Crippen molar-refractivity contribution in [2.45, 2.75) is 19.9 Å². The summed E-state index contributed by atoms with van der Waals surface area (Å²) in [7, 11) is 3.02. The molecule has 0 unspecified atom stereocenters. The average molecular weight is 454 g/mol. The van der Waals surface area contributed by atoms with Crippen molar-refractivity contribution in [2.75, 3.05) is 12.4 Å². The van der Waals surface area contributed by atoms with Gasteiger partial charge < -0.3 is 10.1 Å². The number of aromatic nitrogens is 4. The summed E-state index contributed by atoms with van der Waals surface area (Å²) in [5.74, 6) is -0.526. The maximum atomic E-state index is 14.5. The molecule has 9 heteroatoms. The number of methoxy groups -OCH3 is 1. The summed E-state index contributed by atoms with van der Waals surface area (Å²) in [5, 5.41) is 9.40. The summed E-state index contributed by atoms with van der Waals surface area (Å²) in [5.41, 5.74) is 2.80. The fourth-order valence-electron chi connectivity index (χ4n) is 3.45. The quantitative estimate of drug-likeness (QED) is 0.423. The number of hydrogen-bond donors (Lipinski definition) is 1. The van der Waals surface area contributed by atoms with Gasteiger partial charge in [-0.25, -0.2) is 23.8 Å². The minimum Gasteiger partial charge on any atom is -0.465 e. The number of hydrogen-bond acceptors (Lipinski definition) is 6. The molecule has 0 saturated heterocycles. The summed E-state index contributed by atoms with van der Waals surface area (Å²) < 4.78 is 20.8. The molecule has 4 aromatic rings. The number of halogens is 2. The molecule has 7 nitrogen and oxygen atoms in total. The van der Waals surface area contributed by atoms with Gasteiger partial charge in [0.2, 0.25) is 0 Å². The first-order valence-corrected chi connectivity index (χ1v) is 10.4. The van der Waals surface area contributed by atoms with Gasteiger partial charge in [-0.3, -0.25) is 0 Å². The van der Waals surface area contributed by atoms with E-state index in [4.69, 9.17) is 11.6 Å². The van der Waals surface area contributed by atoms with Gasteiger partial charge in [-0.05, 0) is 36.2 Å². The molecule has 0 radical (unpaired) electrons. The Morgan fingerprint density at radius 1 is 1.19 bits per heavy atom. The largest absolute Gasteiger partial charge is 0.465 e. The lowest BCUT2D eigenvalue weighted by Gasteiger charge is -2.11. The third-order valence-electron chi connectivity index (χ3n) is 5.10. The van der Waals surface area contributed by atoms with Crippen LogP contribution >= 0.6 is 11.6 Å². The molecule has 0 saturated carbocycles. The molecule has 4 rings (SSSR count). The normalized spacial score (nSPS) is 11.0. The Labute approximate surface area is 189 Å². The van der Waals surface area contributed by atoms with Gasteiger partial charge in [0, 0.05) is 24.2 Å². The lowest BCUT2D eigenvalue weighted by molar-refractivity contribution is 0.0595. The minimum atomic E-state index is -0.741. The number of anilines is 1. The molecule has 0 spiro atoms. The zero-order chi connectivity index (χ0) is 22.8. The molecule has 164 valence electrons. The number of nitrogens with zero attached hydrogens (tertiary/aromatic N) is 4. The third-order valence-corrected chi connectivity index (χ3v) is 5.35. The fraction of sp³-hybridized carbons (Fsp3) is 0.217. The van der Waals surface area contributed by atoms with Crippen molar-refractivity contribution in [3.05, 3.63) is 70.1 Å². The predicted octanol–water partition coefficient (Wildman–Crippen LogP) is 4.78. The molecular weight excluding hydrogens is 433 g/mol. The average Bonchev–Trinajstić information content (AvgIpc) is 3.13. The Bertz CT molecular complexity index is 1300. The zero-order valence-corrected chi connectivity index (χ0v) is 18.6. The molecule has 2 heterocycles. The van der Waals surface area contributed by atoms with E-state index < -0.39 is 11.8 Å². The molecular formula is C23H21ClFN5O2. The number of carbonyl (C=O) groups is 1. The molecule has 32 heavy (non-hydrogen) atoms. The first kappa shape index (κ1) is 21.7. The molecule has 0 bridgehead atoms. The van der Waals surface area contributed by atoms with E-state index in [2.05, 4.69) is 25.1 Å². The summed E-state index contributed by atoms with van der Waals surface area (Å²) >= 11 is 5.98. The zero-order valence-electron chi connectivity index (χ0n) is 17.8. The van der Waals surface area contributed by atoms with Crippen LogP contribution in [0.1, 0.15) is 28.5 Å². The van der Waals surface area contributed by atoms with Crippen molar-refractivity contribution in [2.24, 2.45) is 7.05 Å². The number of carbonyl (C=O) groups excluding carboxylic acids is 1. The first-order valence-electron chi connectivity index (χ1n) is 10.0.